The summed E-state index contributed by atoms with van der Waals surface area (Å²) in [5, 5.41) is 1.88. The second-order valence-electron chi connectivity index (χ2n) is 8.99. The molecule has 0 radical (unpaired) electrons. The predicted octanol–water partition coefficient (Wildman–Crippen LogP) is 5.82. The summed E-state index contributed by atoms with van der Waals surface area (Å²) in [5.74, 6) is 0.461. The lowest BCUT2D eigenvalue weighted by Gasteiger charge is -2.42. The van der Waals surface area contributed by atoms with E-state index in [1.54, 1.807) is 6.07 Å². The molecule has 30 heavy (non-hydrogen) atoms. The van der Waals surface area contributed by atoms with Gasteiger partial charge >= 0.3 is 0 Å². The van der Waals surface area contributed by atoms with Crippen LogP contribution in [0.25, 0.3) is 10.8 Å². The molecule has 1 saturated carbocycles. The second kappa shape index (κ2) is 8.87. The first-order valence-corrected chi connectivity index (χ1v) is 11.5. The van der Waals surface area contributed by atoms with E-state index in [1.807, 2.05) is 24.3 Å². The third-order valence-electron chi connectivity index (χ3n) is 7.21. The van der Waals surface area contributed by atoms with Crippen molar-refractivity contribution in [3.05, 3.63) is 83.7 Å². The first kappa shape index (κ1) is 19.7. The summed E-state index contributed by atoms with van der Waals surface area (Å²) in [5.41, 5.74) is 2.76. The Hall–Kier alpha value is -2.23. The maximum absolute atomic E-state index is 14.2. The lowest BCUT2D eigenvalue weighted by Crippen LogP contribution is -2.50. The van der Waals surface area contributed by atoms with Gasteiger partial charge in [0.25, 0.3) is 0 Å². The summed E-state index contributed by atoms with van der Waals surface area (Å²) in [4.78, 5) is 5.31. The Kier molecular flexibility index (Phi) is 5.83. The van der Waals surface area contributed by atoms with Gasteiger partial charge in [-0.05, 0) is 54.2 Å². The number of nitrogens with zero attached hydrogens (tertiary/aromatic N) is 2. The van der Waals surface area contributed by atoms with Crippen molar-refractivity contribution in [3.63, 3.8) is 0 Å². The van der Waals surface area contributed by atoms with Crippen molar-refractivity contribution in [2.75, 3.05) is 26.2 Å². The number of hydrogen-bond acceptors (Lipinski definition) is 2. The van der Waals surface area contributed by atoms with Crippen LogP contribution in [-0.2, 0) is 6.54 Å². The summed E-state index contributed by atoms with van der Waals surface area (Å²) >= 11 is 0. The van der Waals surface area contributed by atoms with E-state index in [0.717, 1.165) is 30.4 Å². The van der Waals surface area contributed by atoms with Crippen LogP contribution in [0.4, 0.5) is 4.39 Å². The Morgan fingerprint density at radius 3 is 2.10 bits per heavy atom. The number of hydrogen-bond donors (Lipinski definition) is 0. The van der Waals surface area contributed by atoms with Gasteiger partial charge < -0.3 is 0 Å². The number of fused-ring (bicyclic) bond motifs is 1. The molecule has 0 unspecified atom stereocenters. The fourth-order valence-electron chi connectivity index (χ4n) is 5.52. The van der Waals surface area contributed by atoms with E-state index in [-0.39, 0.29) is 5.82 Å². The Labute approximate surface area is 179 Å². The average Bonchev–Trinajstić information content (AvgIpc) is 2.81. The lowest BCUT2D eigenvalue weighted by atomic mass is 9.79. The first-order chi connectivity index (χ1) is 14.8. The van der Waals surface area contributed by atoms with Crippen molar-refractivity contribution in [2.45, 2.75) is 44.2 Å². The summed E-state index contributed by atoms with van der Waals surface area (Å²) in [6, 6.07) is 23.2. The molecule has 1 aliphatic heterocycles. The standard InChI is InChI=1S/C27H31FN2/c28-27-15-14-24(25-8-4-5-9-26(25)27)22-10-12-23(13-11-22)30-18-16-29(17-19-30)20-21-6-2-1-3-7-21/h1-9,14-15,22-23H,10-13,16-20H2. The van der Waals surface area contributed by atoms with E-state index in [1.165, 1.54) is 49.9 Å². The van der Waals surface area contributed by atoms with Crippen LogP contribution in [0.1, 0.15) is 42.7 Å². The number of piperazine rings is 1. The normalized spacial score (nSPS) is 23.6. The molecule has 0 bridgehead atoms. The molecule has 156 valence electrons. The molecule has 2 fully saturated rings. The quantitative estimate of drug-likeness (QED) is 0.542. The van der Waals surface area contributed by atoms with Crippen molar-refractivity contribution >= 4 is 10.8 Å². The van der Waals surface area contributed by atoms with Crippen LogP contribution in [0, 0.1) is 5.82 Å². The largest absolute Gasteiger partial charge is 0.298 e. The van der Waals surface area contributed by atoms with Crippen molar-refractivity contribution in [1.82, 2.24) is 9.80 Å². The van der Waals surface area contributed by atoms with Crippen molar-refractivity contribution in [3.8, 4) is 0 Å². The summed E-state index contributed by atoms with van der Waals surface area (Å²) in [6.45, 7) is 5.76. The highest BCUT2D eigenvalue weighted by Gasteiger charge is 2.29. The maximum Gasteiger partial charge on any atom is 0.131 e. The van der Waals surface area contributed by atoms with Crippen LogP contribution in [0.5, 0.6) is 0 Å². The minimum atomic E-state index is -0.101. The van der Waals surface area contributed by atoms with Gasteiger partial charge in [0.15, 0.2) is 0 Å². The molecular weight excluding hydrogens is 371 g/mol. The summed E-state index contributed by atoms with van der Waals surface area (Å²) in [6.07, 6.45) is 4.94. The minimum Gasteiger partial charge on any atom is -0.298 e. The van der Waals surface area contributed by atoms with Gasteiger partial charge in [-0.2, -0.15) is 0 Å². The van der Waals surface area contributed by atoms with Gasteiger partial charge in [-0.15, -0.1) is 0 Å². The van der Waals surface area contributed by atoms with Gasteiger partial charge in [0.05, 0.1) is 0 Å². The molecule has 3 aromatic carbocycles. The zero-order valence-corrected chi connectivity index (χ0v) is 17.6. The molecular formula is C27H31FN2. The molecule has 3 heteroatoms. The maximum atomic E-state index is 14.2. The molecule has 0 atom stereocenters. The van der Waals surface area contributed by atoms with Crippen molar-refractivity contribution < 1.29 is 4.39 Å². The van der Waals surface area contributed by atoms with E-state index >= 15 is 0 Å². The average molecular weight is 403 g/mol. The highest BCUT2D eigenvalue weighted by Crippen LogP contribution is 2.38. The van der Waals surface area contributed by atoms with Gasteiger partial charge in [-0.3, -0.25) is 9.80 Å². The van der Waals surface area contributed by atoms with E-state index in [0.29, 0.717) is 12.0 Å². The molecule has 1 aliphatic carbocycles. The fourth-order valence-corrected chi connectivity index (χ4v) is 5.52. The topological polar surface area (TPSA) is 6.48 Å². The molecule has 3 aromatic rings. The van der Waals surface area contributed by atoms with Gasteiger partial charge in [-0.1, -0.05) is 60.7 Å². The highest BCUT2D eigenvalue weighted by atomic mass is 19.1. The zero-order chi connectivity index (χ0) is 20.3. The fraction of sp³-hybridized carbons (Fsp3) is 0.407. The van der Waals surface area contributed by atoms with Gasteiger partial charge in [0.1, 0.15) is 5.82 Å². The molecule has 1 heterocycles. The zero-order valence-electron chi connectivity index (χ0n) is 17.6. The Balaban J connectivity index is 1.17. The molecule has 0 amide bonds. The van der Waals surface area contributed by atoms with Crippen LogP contribution in [-0.4, -0.2) is 42.0 Å². The summed E-state index contributed by atoms with van der Waals surface area (Å²) in [7, 11) is 0. The molecule has 5 rings (SSSR count). The van der Waals surface area contributed by atoms with Gasteiger partial charge in [0.2, 0.25) is 0 Å². The van der Waals surface area contributed by atoms with Crippen molar-refractivity contribution in [1.29, 1.82) is 0 Å². The highest BCUT2D eigenvalue weighted by molar-refractivity contribution is 5.86. The van der Waals surface area contributed by atoms with Crippen LogP contribution < -0.4 is 0 Å². The molecule has 2 nitrogen and oxygen atoms in total. The van der Waals surface area contributed by atoms with E-state index in [9.17, 15) is 4.39 Å². The third-order valence-corrected chi connectivity index (χ3v) is 7.21. The number of benzene rings is 3. The Morgan fingerprint density at radius 2 is 1.37 bits per heavy atom. The molecule has 0 aromatic heterocycles. The van der Waals surface area contributed by atoms with Crippen LogP contribution in [0.15, 0.2) is 66.7 Å². The molecule has 0 spiro atoms. The predicted molar refractivity (Wildman–Crippen MR) is 122 cm³/mol. The Morgan fingerprint density at radius 1 is 0.700 bits per heavy atom. The molecule has 0 N–H and O–H groups in total. The minimum absolute atomic E-state index is 0.101. The monoisotopic (exact) mass is 402 g/mol. The van der Waals surface area contributed by atoms with E-state index in [2.05, 4.69) is 46.2 Å². The first-order valence-electron chi connectivity index (χ1n) is 11.5. The van der Waals surface area contributed by atoms with E-state index < -0.39 is 0 Å². The third kappa shape index (κ3) is 4.14. The summed E-state index contributed by atoms with van der Waals surface area (Å²) < 4.78 is 14.2. The van der Waals surface area contributed by atoms with Gasteiger partial charge in [-0.25, -0.2) is 4.39 Å². The van der Waals surface area contributed by atoms with Crippen molar-refractivity contribution in [2.24, 2.45) is 0 Å². The van der Waals surface area contributed by atoms with Gasteiger partial charge in [0, 0.05) is 44.2 Å². The second-order valence-corrected chi connectivity index (χ2v) is 8.99. The lowest BCUT2D eigenvalue weighted by molar-refractivity contribution is 0.0727. The number of halogens is 1. The van der Waals surface area contributed by atoms with Crippen LogP contribution in [0.3, 0.4) is 0 Å². The van der Waals surface area contributed by atoms with Crippen LogP contribution in [0.2, 0.25) is 0 Å². The smallest absolute Gasteiger partial charge is 0.131 e. The SMILES string of the molecule is Fc1ccc(C2CCC(N3CCN(Cc4ccccc4)CC3)CC2)c2ccccc12. The molecule has 2 aliphatic rings. The molecule has 1 saturated heterocycles. The van der Waals surface area contributed by atoms with E-state index in [4.69, 9.17) is 0 Å². The Bertz CT molecular complexity index is 971. The van der Waals surface area contributed by atoms with Crippen LogP contribution >= 0.6 is 0 Å². The number of rotatable bonds is 4.